The summed E-state index contributed by atoms with van der Waals surface area (Å²) in [6.07, 6.45) is 9.46. The lowest BCUT2D eigenvalue weighted by Crippen LogP contribution is -2.73. The van der Waals surface area contributed by atoms with Gasteiger partial charge in [-0.25, -0.2) is 9.97 Å². The van der Waals surface area contributed by atoms with Crippen molar-refractivity contribution in [2.24, 2.45) is 0 Å². The second-order valence-corrected chi connectivity index (χ2v) is 20.3. The van der Waals surface area contributed by atoms with Crippen molar-refractivity contribution in [1.82, 2.24) is 29.7 Å². The maximum Gasteiger partial charge on any atom is 0.227 e. The third kappa shape index (κ3) is 8.04. The molecule has 6 aromatic rings. The minimum absolute atomic E-state index is 0.190. The van der Waals surface area contributed by atoms with Gasteiger partial charge in [-0.1, -0.05) is 60.7 Å². The third-order valence-electron chi connectivity index (χ3n) is 16.8. The maximum atomic E-state index is 15.7. The first-order chi connectivity index (χ1) is 33.9. The van der Waals surface area contributed by atoms with E-state index in [0.717, 1.165) is 101 Å². The number of carbonyl (C=O) groups is 1. The Morgan fingerprint density at radius 3 is 1.19 bits per heavy atom. The summed E-state index contributed by atoms with van der Waals surface area (Å²) in [7, 11) is 10.6. The van der Waals surface area contributed by atoms with Gasteiger partial charge in [0, 0.05) is 87.1 Å². The molecule has 4 aliphatic rings. The van der Waals surface area contributed by atoms with Crippen LogP contribution in [-0.4, -0.2) is 128 Å². The van der Waals surface area contributed by atoms with E-state index < -0.39 is 11.1 Å². The molecule has 2 saturated carbocycles. The van der Waals surface area contributed by atoms with Crippen molar-refractivity contribution >= 4 is 51.1 Å². The smallest absolute Gasteiger partial charge is 0.227 e. The zero-order chi connectivity index (χ0) is 48.8. The Morgan fingerprint density at radius 1 is 0.529 bits per heavy atom. The van der Waals surface area contributed by atoms with Gasteiger partial charge in [0.25, 0.3) is 0 Å². The number of ketones is 1. The Kier molecular flexibility index (Phi) is 12.6. The van der Waals surface area contributed by atoms with E-state index in [2.05, 4.69) is 94.4 Å². The van der Waals surface area contributed by atoms with Gasteiger partial charge in [-0.3, -0.25) is 14.6 Å². The molecule has 0 spiro atoms. The monoisotopic (exact) mass is 949 g/mol. The van der Waals surface area contributed by atoms with E-state index in [9.17, 15) is 0 Å². The van der Waals surface area contributed by atoms with Crippen molar-refractivity contribution in [2.75, 3.05) is 103 Å². The number of nitrogens with two attached hydrogens (primary N) is 2. The van der Waals surface area contributed by atoms with Gasteiger partial charge in [0.2, 0.25) is 11.9 Å². The zero-order valence-electron chi connectivity index (χ0n) is 41.7. The molecule has 2 aliphatic heterocycles. The van der Waals surface area contributed by atoms with Crippen molar-refractivity contribution in [3.05, 3.63) is 96.1 Å². The lowest BCUT2D eigenvalue weighted by Gasteiger charge is -2.61. The molecule has 0 bridgehead atoms. The molecule has 2 aromatic heterocycles. The lowest BCUT2D eigenvalue weighted by molar-refractivity contribution is -0.161. The minimum atomic E-state index is -0.445. The molecule has 4 aromatic carbocycles. The van der Waals surface area contributed by atoms with Crippen LogP contribution >= 0.6 is 0 Å². The van der Waals surface area contributed by atoms with Crippen molar-refractivity contribution in [1.29, 1.82) is 0 Å². The molecule has 2 saturated heterocycles. The molecule has 4 N–H and O–H groups in total. The van der Waals surface area contributed by atoms with Gasteiger partial charge in [0.05, 0.1) is 50.6 Å². The third-order valence-corrected chi connectivity index (χ3v) is 16.8. The average Bonchev–Trinajstić information content (AvgIpc) is 3.36. The maximum absolute atomic E-state index is 15.7. The first kappa shape index (κ1) is 47.2. The number of aromatic nitrogens is 4. The molecule has 368 valence electrons. The van der Waals surface area contributed by atoms with Gasteiger partial charge >= 0.3 is 0 Å². The number of hydrogen-bond acceptors (Lipinski definition) is 15. The average molecular weight is 949 g/mol. The number of hydrogen-bond donors (Lipinski definition) is 2. The summed E-state index contributed by atoms with van der Waals surface area (Å²) in [6.45, 7) is 4.76. The Balaban J connectivity index is 0.873. The number of likely N-dealkylation sites (N-methyl/N-ethyl adjacent to an activating group) is 2. The predicted molar refractivity (Wildman–Crippen MR) is 277 cm³/mol. The number of fused-ring (bicyclic) bond motifs is 2. The number of rotatable bonds is 16. The van der Waals surface area contributed by atoms with E-state index in [0.29, 0.717) is 76.4 Å². The molecule has 2 aliphatic carbocycles. The van der Waals surface area contributed by atoms with Crippen LogP contribution in [0, 0.1) is 0 Å². The van der Waals surface area contributed by atoms with Crippen LogP contribution < -0.4 is 40.2 Å². The fourth-order valence-electron chi connectivity index (χ4n) is 12.5. The topological polar surface area (TPSA) is 171 Å². The summed E-state index contributed by atoms with van der Waals surface area (Å²) in [5, 5.41) is 1.44. The van der Waals surface area contributed by atoms with Gasteiger partial charge in [-0.05, 0) is 87.5 Å². The summed E-state index contributed by atoms with van der Waals surface area (Å²) >= 11 is 0. The second kappa shape index (κ2) is 18.7. The number of ether oxygens (including phenoxy) is 4. The highest BCUT2D eigenvalue weighted by molar-refractivity contribution is 5.98. The zero-order valence-corrected chi connectivity index (χ0v) is 41.7. The van der Waals surface area contributed by atoms with Gasteiger partial charge < -0.3 is 40.2 Å². The summed E-state index contributed by atoms with van der Waals surface area (Å²) in [6, 6.07) is 29.1. The number of nitrogen functional groups attached to an aromatic ring is 2. The molecule has 0 radical (unpaired) electrons. The SMILES string of the molecule is COc1cc2nc(N(C)CC3(c4ccccc4)CCN(C4(C(=O)C5(N6CCC(CN(C)c7nc(N)c8cc(OC)c(OC)cc8n7)(c7ccccc7)CC6)CCC5)CCC4)CC3)nc(N)c2cc1OC. The molecular formula is C55H68N10O5. The molecule has 4 heterocycles. The summed E-state index contributed by atoms with van der Waals surface area (Å²) in [5.74, 6) is 4.71. The molecule has 4 fully saturated rings. The van der Waals surface area contributed by atoms with Gasteiger partial charge in [0.1, 0.15) is 11.6 Å². The number of carbonyl (C=O) groups excluding carboxylic acids is 1. The Labute approximate surface area is 411 Å². The van der Waals surface area contributed by atoms with Crippen LogP contribution in [0.3, 0.4) is 0 Å². The highest BCUT2D eigenvalue weighted by Gasteiger charge is 2.61. The van der Waals surface area contributed by atoms with Crippen molar-refractivity contribution < 1.29 is 23.7 Å². The molecule has 70 heavy (non-hydrogen) atoms. The van der Waals surface area contributed by atoms with Crippen LogP contribution in [0.2, 0.25) is 0 Å². The lowest BCUT2D eigenvalue weighted by atomic mass is 9.58. The number of piperidine rings is 2. The van der Waals surface area contributed by atoms with Crippen LogP contribution in [0.25, 0.3) is 21.8 Å². The quantitative estimate of drug-likeness (QED) is 0.0962. The number of nitrogens with zero attached hydrogens (tertiary/aromatic N) is 8. The standard InChI is InChI=1S/C55H68N10O5/c1-62(50-58-41-33-45(69-5)43(67-3)31-39(41)47(56)60-50)35-52(37-15-9-7-10-16-37)23-27-64(28-24-52)54(19-13-20-54)49(66)55(21-14-22-55)65-29-25-53(26-30-65,38-17-11-8-12-18-38)36-63(2)51-59-42-34-46(70-6)44(68-4)32-40(42)48(57)61-51/h7-12,15-18,31-34H,13-14,19-30,35-36H2,1-6H3,(H2,56,58,60)(H2,57,59,61). The van der Waals surface area contributed by atoms with Crippen LogP contribution in [0.4, 0.5) is 23.5 Å². The molecule has 0 unspecified atom stereocenters. The van der Waals surface area contributed by atoms with Crippen LogP contribution in [0.5, 0.6) is 23.0 Å². The van der Waals surface area contributed by atoms with E-state index in [1.165, 1.54) is 11.1 Å². The summed E-state index contributed by atoms with van der Waals surface area (Å²) in [4.78, 5) is 44.8. The van der Waals surface area contributed by atoms with Crippen LogP contribution in [0.15, 0.2) is 84.9 Å². The molecule has 15 heteroatoms. The first-order valence-corrected chi connectivity index (χ1v) is 24.9. The van der Waals surface area contributed by atoms with E-state index in [-0.39, 0.29) is 10.8 Å². The number of Topliss-reactive ketones (excluding diaryl/α,β-unsaturated/α-hetero) is 1. The molecule has 15 nitrogen and oxygen atoms in total. The van der Waals surface area contributed by atoms with Crippen LogP contribution in [-0.2, 0) is 15.6 Å². The fraction of sp³-hybridized carbons (Fsp3) is 0.473. The Morgan fingerprint density at radius 2 is 0.871 bits per heavy atom. The van der Waals surface area contributed by atoms with E-state index >= 15 is 4.79 Å². The molecule has 10 rings (SSSR count). The summed E-state index contributed by atoms with van der Waals surface area (Å²) < 4.78 is 22.3. The van der Waals surface area contributed by atoms with Gasteiger partial charge in [-0.2, -0.15) is 9.97 Å². The number of likely N-dealkylation sites (tertiary alicyclic amines) is 2. The number of benzene rings is 4. The van der Waals surface area contributed by atoms with E-state index in [4.69, 9.17) is 50.4 Å². The molecular weight excluding hydrogens is 881 g/mol. The van der Waals surface area contributed by atoms with Crippen molar-refractivity contribution in [3.63, 3.8) is 0 Å². The summed E-state index contributed by atoms with van der Waals surface area (Å²) in [5.41, 5.74) is 15.9. The van der Waals surface area contributed by atoms with Gasteiger partial charge in [-0.15, -0.1) is 0 Å². The number of methoxy groups -OCH3 is 4. The van der Waals surface area contributed by atoms with E-state index in [1.54, 1.807) is 28.4 Å². The van der Waals surface area contributed by atoms with E-state index in [1.807, 2.05) is 24.3 Å². The highest BCUT2D eigenvalue weighted by atomic mass is 16.5. The second-order valence-electron chi connectivity index (χ2n) is 20.3. The normalized spacial score (nSPS) is 19.4. The minimum Gasteiger partial charge on any atom is -0.493 e. The molecule has 0 amide bonds. The highest BCUT2D eigenvalue weighted by Crippen LogP contribution is 2.52. The predicted octanol–water partition coefficient (Wildman–Crippen LogP) is 7.83. The van der Waals surface area contributed by atoms with Crippen molar-refractivity contribution in [2.45, 2.75) is 86.1 Å². The molecule has 0 atom stereocenters. The Bertz CT molecular complexity index is 2670. The van der Waals surface area contributed by atoms with Crippen molar-refractivity contribution in [3.8, 4) is 23.0 Å². The largest absolute Gasteiger partial charge is 0.493 e. The first-order valence-electron chi connectivity index (χ1n) is 24.9. The Hall–Kier alpha value is -6.45. The van der Waals surface area contributed by atoms with Gasteiger partial charge in [0.15, 0.2) is 28.8 Å². The number of anilines is 4. The van der Waals surface area contributed by atoms with Crippen LogP contribution in [0.1, 0.15) is 75.3 Å². The fourth-order valence-corrected chi connectivity index (χ4v) is 12.5.